The summed E-state index contributed by atoms with van der Waals surface area (Å²) in [6, 6.07) is 11.0. The van der Waals surface area contributed by atoms with Gasteiger partial charge in [0, 0.05) is 16.4 Å². The average molecular weight is 346 g/mol. The number of hydrogen-bond acceptors (Lipinski definition) is 1. The molecule has 1 heterocycles. The molecule has 1 aliphatic rings. The third-order valence-electron chi connectivity index (χ3n) is 5.31. The number of aromatic nitrogens is 1. The van der Waals surface area contributed by atoms with Crippen molar-refractivity contribution in [1.29, 1.82) is 0 Å². The van der Waals surface area contributed by atoms with E-state index < -0.39 is 0 Å². The number of benzene rings is 1. The molecule has 0 aliphatic heterocycles. The molecule has 0 N–H and O–H groups in total. The summed E-state index contributed by atoms with van der Waals surface area (Å²) < 4.78 is 0. The molecular formula is C19H24BrN. The first-order valence-electron chi connectivity index (χ1n) is 7.98. The van der Waals surface area contributed by atoms with Crippen LogP contribution in [0.25, 0.3) is 10.9 Å². The Morgan fingerprint density at radius 1 is 1.19 bits per heavy atom. The fraction of sp³-hybridized carbons (Fsp3) is 0.526. The van der Waals surface area contributed by atoms with Crippen LogP contribution in [0.2, 0.25) is 0 Å². The van der Waals surface area contributed by atoms with Gasteiger partial charge in [0.2, 0.25) is 0 Å². The third-order valence-corrected chi connectivity index (χ3v) is 6.32. The highest BCUT2D eigenvalue weighted by atomic mass is 79.9. The summed E-state index contributed by atoms with van der Waals surface area (Å²) in [6.07, 6.45) is 5.83. The van der Waals surface area contributed by atoms with E-state index in [9.17, 15) is 0 Å². The first-order chi connectivity index (χ1) is 9.98. The average Bonchev–Trinajstić information content (AvgIpc) is 2.46. The Bertz CT molecular complexity index is 634. The van der Waals surface area contributed by atoms with Crippen LogP contribution in [0.1, 0.15) is 45.6 Å². The zero-order chi connectivity index (χ0) is 15.0. The second kappa shape index (κ2) is 5.72. The highest BCUT2D eigenvalue weighted by molar-refractivity contribution is 9.09. The van der Waals surface area contributed by atoms with Gasteiger partial charge >= 0.3 is 0 Å². The molecule has 3 atom stereocenters. The Kier molecular flexibility index (Phi) is 4.09. The monoisotopic (exact) mass is 345 g/mol. The Balaban J connectivity index is 1.95. The van der Waals surface area contributed by atoms with Gasteiger partial charge in [0.25, 0.3) is 0 Å². The summed E-state index contributed by atoms with van der Waals surface area (Å²) in [7, 11) is 0. The predicted molar refractivity (Wildman–Crippen MR) is 94.0 cm³/mol. The molecule has 112 valence electrons. The molecule has 1 nitrogen and oxygen atoms in total. The van der Waals surface area contributed by atoms with Crippen LogP contribution < -0.4 is 0 Å². The lowest BCUT2D eigenvalue weighted by Crippen LogP contribution is -2.38. The molecule has 1 saturated carbocycles. The van der Waals surface area contributed by atoms with Crippen LogP contribution in [0.4, 0.5) is 0 Å². The highest BCUT2D eigenvalue weighted by Gasteiger charge is 2.38. The zero-order valence-electron chi connectivity index (χ0n) is 13.1. The molecule has 1 aromatic heterocycles. The minimum atomic E-state index is 0.193. The van der Waals surface area contributed by atoms with E-state index in [-0.39, 0.29) is 5.41 Å². The molecular weight excluding hydrogens is 322 g/mol. The van der Waals surface area contributed by atoms with Crippen molar-refractivity contribution in [2.24, 2.45) is 11.8 Å². The van der Waals surface area contributed by atoms with E-state index in [2.05, 4.69) is 66.0 Å². The molecule has 2 aromatic rings. The molecule has 3 unspecified atom stereocenters. The van der Waals surface area contributed by atoms with Crippen molar-refractivity contribution in [3.63, 3.8) is 0 Å². The topological polar surface area (TPSA) is 12.9 Å². The van der Waals surface area contributed by atoms with Gasteiger partial charge in [-0.3, -0.25) is 4.98 Å². The van der Waals surface area contributed by atoms with Crippen molar-refractivity contribution >= 4 is 26.8 Å². The van der Waals surface area contributed by atoms with Gasteiger partial charge in [0.1, 0.15) is 0 Å². The number of alkyl halides is 1. The Hall–Kier alpha value is -0.890. The summed E-state index contributed by atoms with van der Waals surface area (Å²) in [5.41, 5.74) is 2.72. The molecule has 3 rings (SSSR count). The first kappa shape index (κ1) is 15.0. The van der Waals surface area contributed by atoms with Crippen LogP contribution in [-0.2, 0) is 5.41 Å². The van der Waals surface area contributed by atoms with Gasteiger partial charge in [0.05, 0.1) is 5.52 Å². The lowest BCUT2D eigenvalue weighted by atomic mass is 9.66. The standard InChI is InChI=1S/C19H24BrN/c1-13-6-8-16(17(20)11-13)19(2,3)15-7-9-18-14(12-15)5-4-10-21-18/h4-5,7,9-10,12-13,16-17H,6,8,11H2,1-3H3. The lowest BCUT2D eigenvalue weighted by molar-refractivity contribution is 0.214. The van der Waals surface area contributed by atoms with Gasteiger partial charge in [-0.25, -0.2) is 0 Å². The SMILES string of the molecule is CC1CCC(C(C)(C)c2ccc3ncccc3c2)C(Br)C1. The summed E-state index contributed by atoms with van der Waals surface area (Å²) in [5, 5.41) is 1.25. The number of halogens is 1. The van der Waals surface area contributed by atoms with E-state index in [1.165, 1.54) is 30.2 Å². The van der Waals surface area contributed by atoms with E-state index in [1.54, 1.807) is 0 Å². The second-order valence-electron chi connectivity index (χ2n) is 7.17. The van der Waals surface area contributed by atoms with Crippen molar-refractivity contribution < 1.29 is 0 Å². The molecule has 0 saturated heterocycles. The van der Waals surface area contributed by atoms with Crippen molar-refractivity contribution in [2.75, 3.05) is 0 Å². The maximum Gasteiger partial charge on any atom is 0.0702 e. The largest absolute Gasteiger partial charge is 0.256 e. The Morgan fingerprint density at radius 3 is 2.76 bits per heavy atom. The maximum atomic E-state index is 4.43. The van der Waals surface area contributed by atoms with Crippen molar-refractivity contribution in [1.82, 2.24) is 4.98 Å². The quantitative estimate of drug-likeness (QED) is 0.635. The van der Waals surface area contributed by atoms with E-state index >= 15 is 0 Å². The normalized spacial score (nSPS) is 27.0. The van der Waals surface area contributed by atoms with Gasteiger partial charge < -0.3 is 0 Å². The zero-order valence-corrected chi connectivity index (χ0v) is 14.7. The molecule has 0 radical (unpaired) electrons. The smallest absolute Gasteiger partial charge is 0.0702 e. The summed E-state index contributed by atoms with van der Waals surface area (Å²) in [5.74, 6) is 1.55. The lowest BCUT2D eigenvalue weighted by Gasteiger charge is -2.42. The minimum Gasteiger partial charge on any atom is -0.256 e. The number of pyridine rings is 1. The summed E-state index contributed by atoms with van der Waals surface area (Å²) >= 11 is 3.97. The Morgan fingerprint density at radius 2 is 2.00 bits per heavy atom. The molecule has 1 fully saturated rings. The van der Waals surface area contributed by atoms with Gasteiger partial charge in [-0.05, 0) is 53.9 Å². The molecule has 0 spiro atoms. The maximum absolute atomic E-state index is 4.43. The first-order valence-corrected chi connectivity index (χ1v) is 8.89. The fourth-order valence-corrected chi connectivity index (χ4v) is 5.38. The van der Waals surface area contributed by atoms with Crippen LogP contribution in [-0.4, -0.2) is 9.81 Å². The minimum absolute atomic E-state index is 0.193. The molecule has 2 heteroatoms. The number of fused-ring (bicyclic) bond motifs is 1. The molecule has 0 amide bonds. The third kappa shape index (κ3) is 2.88. The molecule has 0 bridgehead atoms. The number of nitrogens with zero attached hydrogens (tertiary/aromatic N) is 1. The fourth-order valence-electron chi connectivity index (χ4n) is 3.81. The van der Waals surface area contributed by atoms with Crippen molar-refractivity contribution in [3.05, 3.63) is 42.1 Å². The van der Waals surface area contributed by atoms with Crippen LogP contribution in [0.15, 0.2) is 36.5 Å². The van der Waals surface area contributed by atoms with Gasteiger partial charge in [-0.1, -0.05) is 55.3 Å². The molecule has 21 heavy (non-hydrogen) atoms. The highest BCUT2D eigenvalue weighted by Crippen LogP contribution is 2.45. The number of rotatable bonds is 2. The second-order valence-corrected chi connectivity index (χ2v) is 8.35. The molecule has 1 aromatic carbocycles. The summed E-state index contributed by atoms with van der Waals surface area (Å²) in [4.78, 5) is 5.06. The van der Waals surface area contributed by atoms with E-state index in [0.717, 1.165) is 11.4 Å². The van der Waals surface area contributed by atoms with Crippen LogP contribution in [0.5, 0.6) is 0 Å². The van der Waals surface area contributed by atoms with Gasteiger partial charge in [-0.15, -0.1) is 0 Å². The van der Waals surface area contributed by atoms with E-state index in [0.29, 0.717) is 10.7 Å². The summed E-state index contributed by atoms with van der Waals surface area (Å²) in [6.45, 7) is 7.18. The van der Waals surface area contributed by atoms with Crippen LogP contribution >= 0.6 is 15.9 Å². The Labute approximate surface area is 136 Å². The van der Waals surface area contributed by atoms with Crippen molar-refractivity contribution in [2.45, 2.75) is 50.3 Å². The molecule has 1 aliphatic carbocycles. The number of hydrogen-bond donors (Lipinski definition) is 0. The van der Waals surface area contributed by atoms with Gasteiger partial charge in [0.15, 0.2) is 0 Å². The van der Waals surface area contributed by atoms with Crippen LogP contribution in [0.3, 0.4) is 0 Å². The van der Waals surface area contributed by atoms with Crippen molar-refractivity contribution in [3.8, 4) is 0 Å². The van der Waals surface area contributed by atoms with Crippen LogP contribution in [0, 0.1) is 11.8 Å². The van der Waals surface area contributed by atoms with E-state index in [4.69, 9.17) is 0 Å². The predicted octanol–water partition coefficient (Wildman–Crippen LogP) is 5.71. The van der Waals surface area contributed by atoms with E-state index in [1.807, 2.05) is 12.3 Å². The van der Waals surface area contributed by atoms with Gasteiger partial charge in [-0.2, -0.15) is 0 Å².